The molecule has 3 rings (SSSR count). The predicted molar refractivity (Wildman–Crippen MR) is 115 cm³/mol. The highest BCUT2D eigenvalue weighted by Crippen LogP contribution is 2.28. The molecule has 1 aromatic carbocycles. The minimum Gasteiger partial charge on any atom is -0.381 e. The lowest BCUT2D eigenvalue weighted by atomic mass is 10.2. The van der Waals surface area contributed by atoms with Crippen molar-refractivity contribution in [2.24, 2.45) is 10.9 Å². The average molecular weight is 423 g/mol. The molecule has 0 bridgehead atoms. The molecule has 29 heavy (non-hydrogen) atoms. The van der Waals surface area contributed by atoms with Gasteiger partial charge >= 0.3 is 0 Å². The summed E-state index contributed by atoms with van der Waals surface area (Å²) in [6, 6.07) is 7.18. The summed E-state index contributed by atoms with van der Waals surface area (Å²) in [5, 5.41) is 6.53. The quantitative estimate of drug-likeness (QED) is 0.344. The number of hydrogen-bond donors (Lipinski definition) is 2. The molecule has 1 aliphatic heterocycles. The highest BCUT2D eigenvalue weighted by Gasteiger charge is 2.26. The third-order valence-electron chi connectivity index (χ3n) is 5.34. The smallest absolute Gasteiger partial charge is 0.243 e. The van der Waals surface area contributed by atoms with Crippen molar-refractivity contribution in [3.05, 3.63) is 29.8 Å². The molecule has 1 aromatic rings. The number of piperidine rings is 1. The van der Waals surface area contributed by atoms with E-state index in [1.807, 2.05) is 6.07 Å². The lowest BCUT2D eigenvalue weighted by Crippen LogP contribution is -2.37. The molecule has 0 atom stereocenters. The van der Waals surface area contributed by atoms with Crippen molar-refractivity contribution in [1.29, 1.82) is 0 Å². The number of ether oxygens (including phenoxy) is 1. The normalized spacial score (nSPS) is 18.6. The van der Waals surface area contributed by atoms with Crippen LogP contribution in [-0.2, 0) is 21.3 Å². The van der Waals surface area contributed by atoms with Crippen LogP contribution in [-0.4, -0.2) is 58.6 Å². The standard InChI is InChI=1S/C21H34N4O3S/c1-22-21(23-11-6-14-28-17-18-9-10-18)24-16-19-7-5-8-20(15-19)29(26,27)25-12-3-2-4-13-25/h5,7-8,15,18H,2-4,6,9-14,16-17H2,1H3,(H2,22,23,24). The monoisotopic (exact) mass is 422 g/mol. The van der Waals surface area contributed by atoms with Crippen molar-refractivity contribution in [2.45, 2.75) is 50.0 Å². The van der Waals surface area contributed by atoms with Crippen molar-refractivity contribution in [3.8, 4) is 0 Å². The molecule has 7 nitrogen and oxygen atoms in total. The van der Waals surface area contributed by atoms with Gasteiger partial charge in [0.2, 0.25) is 10.0 Å². The second-order valence-electron chi connectivity index (χ2n) is 7.84. The maximum absolute atomic E-state index is 12.9. The summed E-state index contributed by atoms with van der Waals surface area (Å²) in [5.41, 5.74) is 0.916. The van der Waals surface area contributed by atoms with Crippen molar-refractivity contribution >= 4 is 16.0 Å². The number of benzene rings is 1. The van der Waals surface area contributed by atoms with Crippen LogP contribution in [0.2, 0.25) is 0 Å². The fourth-order valence-corrected chi connectivity index (χ4v) is 4.98. The summed E-state index contributed by atoms with van der Waals surface area (Å²) < 4.78 is 33.0. The third kappa shape index (κ3) is 6.97. The van der Waals surface area contributed by atoms with E-state index in [9.17, 15) is 8.42 Å². The van der Waals surface area contributed by atoms with E-state index in [2.05, 4.69) is 15.6 Å². The Kier molecular flexibility index (Phi) is 8.32. The molecule has 2 fully saturated rings. The van der Waals surface area contributed by atoms with Crippen LogP contribution in [0.4, 0.5) is 0 Å². The molecule has 2 N–H and O–H groups in total. The molecule has 8 heteroatoms. The van der Waals surface area contributed by atoms with Gasteiger partial charge in [0.25, 0.3) is 0 Å². The number of aliphatic imine (C=N–C) groups is 1. The maximum Gasteiger partial charge on any atom is 0.243 e. The van der Waals surface area contributed by atoms with E-state index in [-0.39, 0.29) is 0 Å². The van der Waals surface area contributed by atoms with E-state index in [0.717, 1.165) is 56.9 Å². The zero-order valence-electron chi connectivity index (χ0n) is 17.4. The first kappa shape index (κ1) is 22.1. The Hall–Kier alpha value is -1.64. The van der Waals surface area contributed by atoms with Gasteiger partial charge in [0.15, 0.2) is 5.96 Å². The van der Waals surface area contributed by atoms with Gasteiger partial charge in [-0.1, -0.05) is 18.6 Å². The predicted octanol–water partition coefficient (Wildman–Crippen LogP) is 2.34. The first-order chi connectivity index (χ1) is 14.1. The molecular formula is C21H34N4O3S. The topological polar surface area (TPSA) is 83.0 Å². The Morgan fingerprint density at radius 3 is 2.72 bits per heavy atom. The fourth-order valence-electron chi connectivity index (χ4n) is 3.39. The summed E-state index contributed by atoms with van der Waals surface area (Å²) in [6.07, 6.45) is 6.54. The van der Waals surface area contributed by atoms with E-state index in [4.69, 9.17) is 4.74 Å². The van der Waals surface area contributed by atoms with Gasteiger partial charge in [0, 0.05) is 46.4 Å². The second-order valence-corrected chi connectivity index (χ2v) is 9.77. The summed E-state index contributed by atoms with van der Waals surface area (Å²) >= 11 is 0. The fraction of sp³-hybridized carbons (Fsp3) is 0.667. The van der Waals surface area contributed by atoms with Gasteiger partial charge in [-0.25, -0.2) is 8.42 Å². The summed E-state index contributed by atoms with van der Waals surface area (Å²) in [7, 11) is -1.68. The Morgan fingerprint density at radius 1 is 1.21 bits per heavy atom. The lowest BCUT2D eigenvalue weighted by molar-refractivity contribution is 0.123. The SMILES string of the molecule is CN=C(NCCCOCC1CC1)NCc1cccc(S(=O)(=O)N2CCCCC2)c1. The summed E-state index contributed by atoms with van der Waals surface area (Å²) in [4.78, 5) is 4.60. The summed E-state index contributed by atoms with van der Waals surface area (Å²) in [6.45, 7) is 4.19. The zero-order chi connectivity index (χ0) is 20.5. The third-order valence-corrected chi connectivity index (χ3v) is 7.24. The van der Waals surface area contributed by atoms with Crippen molar-refractivity contribution in [2.75, 3.05) is 39.9 Å². The second kappa shape index (κ2) is 10.9. The molecule has 1 saturated carbocycles. The largest absolute Gasteiger partial charge is 0.381 e. The Labute approximate surface area is 175 Å². The van der Waals surface area contributed by atoms with Crippen LogP contribution >= 0.6 is 0 Å². The van der Waals surface area contributed by atoms with Crippen LogP contribution < -0.4 is 10.6 Å². The van der Waals surface area contributed by atoms with Gasteiger partial charge in [0.1, 0.15) is 0 Å². The van der Waals surface area contributed by atoms with Crippen LogP contribution in [0.25, 0.3) is 0 Å². The Morgan fingerprint density at radius 2 is 2.00 bits per heavy atom. The number of rotatable bonds is 10. The van der Waals surface area contributed by atoms with Crippen LogP contribution in [0, 0.1) is 5.92 Å². The van der Waals surface area contributed by atoms with E-state index in [0.29, 0.717) is 30.5 Å². The van der Waals surface area contributed by atoms with Crippen LogP contribution in [0.15, 0.2) is 34.2 Å². The van der Waals surface area contributed by atoms with Gasteiger partial charge in [-0.3, -0.25) is 4.99 Å². The molecule has 1 aliphatic carbocycles. The zero-order valence-corrected chi connectivity index (χ0v) is 18.2. The van der Waals surface area contributed by atoms with Crippen molar-refractivity contribution < 1.29 is 13.2 Å². The number of sulfonamides is 1. The number of nitrogens with one attached hydrogen (secondary N) is 2. The molecule has 0 amide bonds. The molecule has 1 saturated heterocycles. The van der Waals surface area contributed by atoms with E-state index < -0.39 is 10.0 Å². The van der Waals surface area contributed by atoms with Gasteiger partial charge in [-0.15, -0.1) is 0 Å². The molecule has 162 valence electrons. The van der Waals surface area contributed by atoms with Gasteiger partial charge in [-0.2, -0.15) is 4.31 Å². The highest BCUT2D eigenvalue weighted by molar-refractivity contribution is 7.89. The van der Waals surface area contributed by atoms with E-state index >= 15 is 0 Å². The minimum atomic E-state index is -3.41. The highest BCUT2D eigenvalue weighted by atomic mass is 32.2. The molecular weight excluding hydrogens is 388 g/mol. The number of hydrogen-bond acceptors (Lipinski definition) is 4. The molecule has 2 aliphatic rings. The Balaban J connectivity index is 1.44. The molecule has 0 spiro atoms. The van der Waals surface area contributed by atoms with Crippen molar-refractivity contribution in [1.82, 2.24) is 14.9 Å². The first-order valence-corrected chi connectivity index (χ1v) is 12.1. The molecule has 0 radical (unpaired) electrons. The first-order valence-electron chi connectivity index (χ1n) is 10.7. The van der Waals surface area contributed by atoms with Crippen LogP contribution in [0.5, 0.6) is 0 Å². The Bertz CT molecular complexity index is 772. The minimum absolute atomic E-state index is 0.370. The van der Waals surface area contributed by atoms with Crippen molar-refractivity contribution in [3.63, 3.8) is 0 Å². The van der Waals surface area contributed by atoms with Crippen LogP contribution in [0.1, 0.15) is 44.1 Å². The lowest BCUT2D eigenvalue weighted by Gasteiger charge is -2.26. The van der Waals surface area contributed by atoms with Gasteiger partial charge < -0.3 is 15.4 Å². The number of guanidine groups is 1. The van der Waals surface area contributed by atoms with Gasteiger partial charge in [0.05, 0.1) is 4.90 Å². The average Bonchev–Trinajstić information content (AvgIpc) is 3.58. The van der Waals surface area contributed by atoms with Gasteiger partial charge in [-0.05, 0) is 55.7 Å². The number of nitrogens with zero attached hydrogens (tertiary/aromatic N) is 2. The van der Waals surface area contributed by atoms with E-state index in [1.165, 1.54) is 12.8 Å². The molecule has 0 unspecified atom stereocenters. The van der Waals surface area contributed by atoms with E-state index in [1.54, 1.807) is 29.6 Å². The van der Waals surface area contributed by atoms with Crippen LogP contribution in [0.3, 0.4) is 0 Å². The summed E-state index contributed by atoms with van der Waals surface area (Å²) in [5.74, 6) is 1.50. The molecule has 0 aromatic heterocycles. The maximum atomic E-state index is 12.9. The molecule has 1 heterocycles.